The maximum Gasteiger partial charge on any atom is 0.161 e. The van der Waals surface area contributed by atoms with Crippen LogP contribution >= 0.6 is 0 Å². The van der Waals surface area contributed by atoms with Crippen molar-refractivity contribution in [2.24, 2.45) is 5.92 Å². The Bertz CT molecular complexity index is 419. The number of aldehydes is 1. The molecule has 3 nitrogen and oxygen atoms in total. The van der Waals surface area contributed by atoms with E-state index in [-0.39, 0.29) is 5.92 Å². The largest absolute Gasteiger partial charge is 0.493 e. The van der Waals surface area contributed by atoms with Gasteiger partial charge in [-0.25, -0.2) is 0 Å². The Balaban J connectivity index is 3.22. The zero-order valence-electron chi connectivity index (χ0n) is 10.7. The van der Waals surface area contributed by atoms with Crippen molar-refractivity contribution in [3.8, 4) is 11.5 Å². The van der Waals surface area contributed by atoms with Gasteiger partial charge < -0.3 is 9.47 Å². The third-order valence-corrected chi connectivity index (χ3v) is 2.59. The van der Waals surface area contributed by atoms with E-state index >= 15 is 0 Å². The standard InChI is InChI=1S/C14H18O3/c1-10(2)12(7-8-15)11-5-6-13(16-3)14(9-11)17-4/h5-10H,1-4H3/b12-7-. The molecule has 0 saturated carbocycles. The minimum atomic E-state index is 0.276. The fourth-order valence-electron chi connectivity index (χ4n) is 1.71. The second-order valence-corrected chi connectivity index (χ2v) is 3.98. The van der Waals surface area contributed by atoms with Crippen LogP contribution in [0.4, 0.5) is 0 Å². The number of carbonyl (C=O) groups is 1. The van der Waals surface area contributed by atoms with Crippen LogP contribution in [0.15, 0.2) is 24.3 Å². The minimum absolute atomic E-state index is 0.276. The monoisotopic (exact) mass is 234 g/mol. The Kier molecular flexibility index (Phi) is 4.76. The van der Waals surface area contributed by atoms with E-state index in [4.69, 9.17) is 9.47 Å². The first-order chi connectivity index (χ1) is 8.13. The van der Waals surface area contributed by atoms with E-state index in [1.807, 2.05) is 32.0 Å². The van der Waals surface area contributed by atoms with Crippen LogP contribution in [0, 0.1) is 5.92 Å². The second kappa shape index (κ2) is 6.09. The zero-order valence-corrected chi connectivity index (χ0v) is 10.7. The lowest BCUT2D eigenvalue weighted by Crippen LogP contribution is -1.97. The Morgan fingerprint density at radius 3 is 2.29 bits per heavy atom. The summed E-state index contributed by atoms with van der Waals surface area (Å²) in [4.78, 5) is 10.6. The maximum absolute atomic E-state index is 10.6. The molecule has 0 atom stereocenters. The molecule has 0 fully saturated rings. The molecule has 0 radical (unpaired) electrons. The van der Waals surface area contributed by atoms with Crippen molar-refractivity contribution in [2.75, 3.05) is 14.2 Å². The summed E-state index contributed by atoms with van der Waals surface area (Å²) in [6.07, 6.45) is 2.40. The van der Waals surface area contributed by atoms with Crippen LogP contribution in [-0.2, 0) is 4.79 Å². The normalized spacial score (nSPS) is 11.5. The van der Waals surface area contributed by atoms with Crippen molar-refractivity contribution in [3.63, 3.8) is 0 Å². The maximum atomic E-state index is 10.6. The smallest absolute Gasteiger partial charge is 0.161 e. The van der Waals surface area contributed by atoms with E-state index in [9.17, 15) is 4.79 Å². The third-order valence-electron chi connectivity index (χ3n) is 2.59. The van der Waals surface area contributed by atoms with E-state index in [0.717, 1.165) is 17.4 Å². The Hall–Kier alpha value is -1.77. The molecular formula is C14H18O3. The summed E-state index contributed by atoms with van der Waals surface area (Å²) in [6, 6.07) is 5.65. The molecule has 0 heterocycles. The van der Waals surface area contributed by atoms with Crippen LogP contribution in [0.2, 0.25) is 0 Å². The molecule has 17 heavy (non-hydrogen) atoms. The number of carbonyl (C=O) groups excluding carboxylic acids is 1. The molecule has 0 aliphatic heterocycles. The molecule has 3 heteroatoms. The van der Waals surface area contributed by atoms with Gasteiger partial charge in [0, 0.05) is 0 Å². The number of ether oxygens (including phenoxy) is 2. The van der Waals surface area contributed by atoms with Crippen molar-refractivity contribution in [2.45, 2.75) is 13.8 Å². The Morgan fingerprint density at radius 1 is 1.18 bits per heavy atom. The lowest BCUT2D eigenvalue weighted by Gasteiger charge is -2.14. The fourth-order valence-corrected chi connectivity index (χ4v) is 1.71. The van der Waals surface area contributed by atoms with Crippen molar-refractivity contribution in [3.05, 3.63) is 29.8 Å². The van der Waals surface area contributed by atoms with Crippen molar-refractivity contribution in [1.82, 2.24) is 0 Å². The first-order valence-electron chi connectivity index (χ1n) is 5.51. The van der Waals surface area contributed by atoms with Gasteiger partial charge in [0.05, 0.1) is 14.2 Å². The molecule has 0 aliphatic rings. The minimum Gasteiger partial charge on any atom is -0.493 e. The molecular weight excluding hydrogens is 216 g/mol. The predicted molar refractivity (Wildman–Crippen MR) is 68.4 cm³/mol. The van der Waals surface area contributed by atoms with Crippen LogP contribution in [0.1, 0.15) is 19.4 Å². The van der Waals surface area contributed by atoms with Gasteiger partial charge in [-0.2, -0.15) is 0 Å². The Morgan fingerprint density at radius 2 is 1.82 bits per heavy atom. The van der Waals surface area contributed by atoms with Gasteiger partial charge in [0.2, 0.25) is 0 Å². The molecule has 92 valence electrons. The fraction of sp³-hybridized carbons (Fsp3) is 0.357. The molecule has 0 bridgehead atoms. The average molecular weight is 234 g/mol. The predicted octanol–water partition coefficient (Wildman–Crippen LogP) is 2.94. The molecule has 0 spiro atoms. The van der Waals surface area contributed by atoms with Gasteiger partial charge in [0.25, 0.3) is 0 Å². The lowest BCUT2D eigenvalue weighted by molar-refractivity contribution is -0.104. The number of allylic oxidation sites excluding steroid dienone is 2. The lowest BCUT2D eigenvalue weighted by atomic mass is 9.95. The van der Waals surface area contributed by atoms with Crippen LogP contribution < -0.4 is 9.47 Å². The zero-order chi connectivity index (χ0) is 12.8. The van der Waals surface area contributed by atoms with Crippen molar-refractivity contribution in [1.29, 1.82) is 0 Å². The molecule has 0 N–H and O–H groups in total. The number of rotatable bonds is 5. The summed E-state index contributed by atoms with van der Waals surface area (Å²) in [5, 5.41) is 0. The molecule has 0 aliphatic carbocycles. The van der Waals surface area contributed by atoms with Gasteiger partial charge in [0.1, 0.15) is 6.29 Å². The molecule has 0 unspecified atom stereocenters. The molecule has 0 aromatic heterocycles. The van der Waals surface area contributed by atoms with E-state index in [2.05, 4.69) is 0 Å². The van der Waals surface area contributed by atoms with Crippen LogP contribution in [0.3, 0.4) is 0 Å². The molecule has 1 rings (SSSR count). The summed E-state index contributed by atoms with van der Waals surface area (Å²) in [5.41, 5.74) is 1.96. The number of hydrogen-bond donors (Lipinski definition) is 0. The summed E-state index contributed by atoms with van der Waals surface area (Å²) in [6.45, 7) is 4.10. The third kappa shape index (κ3) is 3.09. The van der Waals surface area contributed by atoms with Gasteiger partial charge in [-0.05, 0) is 35.3 Å². The summed E-state index contributed by atoms with van der Waals surface area (Å²) in [7, 11) is 3.20. The SMILES string of the molecule is COc1ccc(/C(=C\C=O)C(C)C)cc1OC. The van der Waals surface area contributed by atoms with Gasteiger partial charge in [0.15, 0.2) is 11.5 Å². The van der Waals surface area contributed by atoms with Crippen LogP contribution in [-0.4, -0.2) is 20.5 Å². The number of benzene rings is 1. The molecule has 0 saturated heterocycles. The molecule has 0 amide bonds. The van der Waals surface area contributed by atoms with E-state index in [1.165, 1.54) is 0 Å². The van der Waals surface area contributed by atoms with Crippen molar-refractivity contribution >= 4 is 11.9 Å². The molecule has 1 aromatic rings. The van der Waals surface area contributed by atoms with Gasteiger partial charge in [-0.1, -0.05) is 19.9 Å². The highest BCUT2D eigenvalue weighted by molar-refractivity contribution is 5.82. The highest BCUT2D eigenvalue weighted by Crippen LogP contribution is 2.32. The van der Waals surface area contributed by atoms with Gasteiger partial charge >= 0.3 is 0 Å². The second-order valence-electron chi connectivity index (χ2n) is 3.98. The highest BCUT2D eigenvalue weighted by atomic mass is 16.5. The average Bonchev–Trinajstić information content (AvgIpc) is 2.34. The van der Waals surface area contributed by atoms with E-state index in [0.29, 0.717) is 11.5 Å². The summed E-state index contributed by atoms with van der Waals surface area (Å²) >= 11 is 0. The topological polar surface area (TPSA) is 35.5 Å². The van der Waals surface area contributed by atoms with Gasteiger partial charge in [-0.15, -0.1) is 0 Å². The number of methoxy groups -OCH3 is 2. The Labute approximate surface area is 102 Å². The summed E-state index contributed by atoms with van der Waals surface area (Å²) in [5.74, 6) is 1.63. The highest BCUT2D eigenvalue weighted by Gasteiger charge is 2.10. The van der Waals surface area contributed by atoms with Crippen molar-refractivity contribution < 1.29 is 14.3 Å². The van der Waals surface area contributed by atoms with Gasteiger partial charge in [-0.3, -0.25) is 4.79 Å². The van der Waals surface area contributed by atoms with Crippen LogP contribution in [0.5, 0.6) is 11.5 Å². The molecule has 1 aromatic carbocycles. The van der Waals surface area contributed by atoms with Crippen LogP contribution in [0.25, 0.3) is 5.57 Å². The quantitative estimate of drug-likeness (QED) is 0.580. The first-order valence-corrected chi connectivity index (χ1v) is 5.51. The van der Waals surface area contributed by atoms with E-state index < -0.39 is 0 Å². The number of hydrogen-bond acceptors (Lipinski definition) is 3. The summed E-state index contributed by atoms with van der Waals surface area (Å²) < 4.78 is 10.4. The first kappa shape index (κ1) is 13.3. The van der Waals surface area contributed by atoms with E-state index in [1.54, 1.807) is 20.3 Å².